The molecule has 9 heteroatoms. The Balaban J connectivity index is 1.33. The van der Waals surface area contributed by atoms with E-state index in [1.807, 2.05) is 48.2 Å². The van der Waals surface area contributed by atoms with Crippen molar-refractivity contribution >= 4 is 50.7 Å². The number of aromatic nitrogens is 1. The number of piperidine rings is 1. The number of carbonyl (C=O) groups is 2. The molecule has 36 heavy (non-hydrogen) atoms. The minimum absolute atomic E-state index is 0.0406. The first kappa shape index (κ1) is 25.1. The predicted molar refractivity (Wildman–Crippen MR) is 146 cm³/mol. The third-order valence-electron chi connectivity index (χ3n) is 7.38. The van der Waals surface area contributed by atoms with E-state index in [4.69, 9.17) is 11.6 Å². The lowest BCUT2D eigenvalue weighted by molar-refractivity contribution is -0.134. The van der Waals surface area contributed by atoms with Gasteiger partial charge >= 0.3 is 0 Å². The zero-order chi connectivity index (χ0) is 25.2. The average molecular weight is 526 g/mol. The van der Waals surface area contributed by atoms with Crippen molar-refractivity contribution in [2.75, 3.05) is 51.2 Å². The Morgan fingerprint density at radius 1 is 1.06 bits per heavy atom. The van der Waals surface area contributed by atoms with Crippen molar-refractivity contribution < 1.29 is 9.59 Å². The summed E-state index contributed by atoms with van der Waals surface area (Å²) in [6.45, 7) is 7.19. The van der Waals surface area contributed by atoms with Gasteiger partial charge in [-0.15, -0.1) is 11.3 Å². The number of nitrogens with zero attached hydrogens (tertiary/aromatic N) is 5. The number of thiophene rings is 1. The molecule has 5 rings (SSSR count). The van der Waals surface area contributed by atoms with Crippen LogP contribution in [0.25, 0.3) is 10.1 Å². The molecular weight excluding hydrogens is 494 g/mol. The molecule has 1 atom stereocenters. The van der Waals surface area contributed by atoms with Crippen LogP contribution in [-0.4, -0.2) is 89.9 Å². The number of anilines is 1. The second-order valence-electron chi connectivity index (χ2n) is 9.73. The molecule has 7 nitrogen and oxygen atoms in total. The predicted octanol–water partition coefficient (Wildman–Crippen LogP) is 4.22. The first-order valence-corrected chi connectivity index (χ1v) is 13.8. The van der Waals surface area contributed by atoms with Crippen LogP contribution in [0.1, 0.15) is 29.4 Å². The van der Waals surface area contributed by atoms with Gasteiger partial charge in [0.15, 0.2) is 0 Å². The fraction of sp³-hybridized carbons (Fsp3) is 0.444. The Kier molecular flexibility index (Phi) is 7.57. The number of rotatable bonds is 5. The van der Waals surface area contributed by atoms with Gasteiger partial charge < -0.3 is 9.80 Å². The highest BCUT2D eigenvalue weighted by Crippen LogP contribution is 2.31. The van der Waals surface area contributed by atoms with E-state index in [1.165, 1.54) is 29.1 Å². The van der Waals surface area contributed by atoms with Gasteiger partial charge in [0, 0.05) is 48.1 Å². The Bertz CT molecular complexity index is 1220. The van der Waals surface area contributed by atoms with Crippen molar-refractivity contribution in [2.45, 2.75) is 31.8 Å². The Hall–Kier alpha value is -2.52. The van der Waals surface area contributed by atoms with Gasteiger partial charge in [-0.3, -0.25) is 19.4 Å². The summed E-state index contributed by atoms with van der Waals surface area (Å²) >= 11 is 7.54. The second kappa shape index (κ2) is 10.8. The van der Waals surface area contributed by atoms with Crippen LogP contribution < -0.4 is 4.90 Å². The SMILES string of the molecule is C[C@H](C(=O)N1CCN(C2CCN(C)CC2)CC1)N(C(=O)c1cc2ccc(Cl)cc2s1)c1ccccn1. The molecule has 2 aliphatic heterocycles. The number of likely N-dealkylation sites (tertiary alicyclic amines) is 1. The van der Waals surface area contributed by atoms with Gasteiger partial charge in [-0.2, -0.15) is 0 Å². The van der Waals surface area contributed by atoms with E-state index in [9.17, 15) is 9.59 Å². The molecule has 0 radical (unpaired) electrons. The Labute approximate surface area is 221 Å². The number of halogens is 1. The molecule has 0 aliphatic carbocycles. The minimum atomic E-state index is -0.670. The van der Waals surface area contributed by atoms with Crippen LogP contribution in [0.4, 0.5) is 5.82 Å². The normalized spacial score (nSPS) is 18.9. The molecule has 0 bridgehead atoms. The Morgan fingerprint density at radius 3 is 2.50 bits per heavy atom. The zero-order valence-corrected chi connectivity index (χ0v) is 22.3. The fourth-order valence-corrected chi connectivity index (χ4v) is 6.52. The van der Waals surface area contributed by atoms with Crippen LogP contribution in [0.5, 0.6) is 0 Å². The average Bonchev–Trinajstić information content (AvgIpc) is 3.33. The number of pyridine rings is 1. The highest BCUT2D eigenvalue weighted by molar-refractivity contribution is 7.21. The van der Waals surface area contributed by atoms with Gasteiger partial charge in [0.25, 0.3) is 5.91 Å². The van der Waals surface area contributed by atoms with Crippen LogP contribution in [0.15, 0.2) is 48.7 Å². The van der Waals surface area contributed by atoms with E-state index in [0.717, 1.165) is 36.3 Å². The van der Waals surface area contributed by atoms with Crippen molar-refractivity contribution in [2.24, 2.45) is 0 Å². The monoisotopic (exact) mass is 525 g/mol. The first-order chi connectivity index (χ1) is 17.4. The molecule has 0 saturated carbocycles. The largest absolute Gasteiger partial charge is 0.338 e. The number of piperazine rings is 1. The van der Waals surface area contributed by atoms with Crippen molar-refractivity contribution in [1.29, 1.82) is 0 Å². The molecular formula is C27H32ClN5O2S. The van der Waals surface area contributed by atoms with Gasteiger partial charge in [0.05, 0.1) is 4.88 Å². The molecule has 0 N–H and O–H groups in total. The number of benzene rings is 1. The molecule has 0 spiro atoms. The molecule has 0 unspecified atom stereocenters. The third-order valence-corrected chi connectivity index (χ3v) is 8.70. The highest BCUT2D eigenvalue weighted by Gasteiger charge is 2.35. The molecule has 4 heterocycles. The maximum Gasteiger partial charge on any atom is 0.270 e. The summed E-state index contributed by atoms with van der Waals surface area (Å²) in [6.07, 6.45) is 4.02. The maximum atomic E-state index is 13.8. The molecule has 2 aliphatic rings. The maximum absolute atomic E-state index is 13.8. The number of hydrogen-bond donors (Lipinski definition) is 0. The quantitative estimate of drug-likeness (QED) is 0.499. The van der Waals surface area contributed by atoms with Crippen molar-refractivity contribution in [3.8, 4) is 0 Å². The van der Waals surface area contributed by atoms with E-state index in [-0.39, 0.29) is 11.8 Å². The van der Waals surface area contributed by atoms with Crippen LogP contribution in [0.2, 0.25) is 5.02 Å². The standard InChI is InChI=1S/C27H32ClN5O2S/c1-19(26(34)32-15-13-31(14-16-32)22-8-11-30(2)12-9-22)33(25-5-3-4-10-29-25)27(35)24-17-20-6-7-21(28)18-23(20)36-24/h3-7,10,17-19,22H,8-9,11-16H2,1-2H3/t19-/m1/s1. The van der Waals surface area contributed by atoms with Crippen molar-refractivity contribution in [3.05, 3.63) is 58.6 Å². The molecule has 3 aromatic rings. The molecule has 2 aromatic heterocycles. The smallest absolute Gasteiger partial charge is 0.270 e. The third kappa shape index (κ3) is 5.27. The van der Waals surface area contributed by atoms with E-state index in [1.54, 1.807) is 12.3 Å². The lowest BCUT2D eigenvalue weighted by atomic mass is 10.0. The first-order valence-electron chi connectivity index (χ1n) is 12.6. The van der Waals surface area contributed by atoms with Crippen LogP contribution in [0.3, 0.4) is 0 Å². The summed E-state index contributed by atoms with van der Waals surface area (Å²) in [6, 6.07) is 12.8. The van der Waals surface area contributed by atoms with E-state index < -0.39 is 6.04 Å². The van der Waals surface area contributed by atoms with Crippen molar-refractivity contribution in [3.63, 3.8) is 0 Å². The Morgan fingerprint density at radius 2 is 1.81 bits per heavy atom. The van der Waals surface area contributed by atoms with Gasteiger partial charge in [0.2, 0.25) is 5.91 Å². The summed E-state index contributed by atoms with van der Waals surface area (Å²) in [5.74, 6) is 0.210. The van der Waals surface area contributed by atoms with Gasteiger partial charge in [-0.1, -0.05) is 23.7 Å². The van der Waals surface area contributed by atoms with E-state index in [0.29, 0.717) is 34.8 Å². The van der Waals surface area contributed by atoms with Crippen LogP contribution in [0, 0.1) is 0 Å². The second-order valence-corrected chi connectivity index (χ2v) is 11.2. The van der Waals surface area contributed by atoms with Crippen molar-refractivity contribution in [1.82, 2.24) is 19.7 Å². The topological polar surface area (TPSA) is 60.0 Å². The molecule has 2 amide bonds. The summed E-state index contributed by atoms with van der Waals surface area (Å²) in [5, 5.41) is 1.59. The summed E-state index contributed by atoms with van der Waals surface area (Å²) in [5.41, 5.74) is 0. The number of amides is 2. The summed E-state index contributed by atoms with van der Waals surface area (Å²) in [4.78, 5) is 40.8. The van der Waals surface area contributed by atoms with Gasteiger partial charge in [-0.25, -0.2) is 4.98 Å². The van der Waals surface area contributed by atoms with Gasteiger partial charge in [-0.05, 0) is 75.6 Å². The number of carbonyl (C=O) groups excluding carboxylic acids is 2. The molecule has 2 saturated heterocycles. The fourth-order valence-electron chi connectivity index (χ4n) is 5.25. The number of hydrogen-bond acceptors (Lipinski definition) is 6. The molecule has 2 fully saturated rings. The summed E-state index contributed by atoms with van der Waals surface area (Å²) in [7, 11) is 2.18. The highest BCUT2D eigenvalue weighted by atomic mass is 35.5. The summed E-state index contributed by atoms with van der Waals surface area (Å²) < 4.78 is 0.941. The lowest BCUT2D eigenvalue weighted by Crippen LogP contribution is -2.57. The zero-order valence-electron chi connectivity index (χ0n) is 20.8. The van der Waals surface area contributed by atoms with E-state index in [2.05, 4.69) is 21.8 Å². The molecule has 1 aromatic carbocycles. The molecule has 190 valence electrons. The number of fused-ring (bicyclic) bond motifs is 1. The van der Waals surface area contributed by atoms with E-state index >= 15 is 0 Å². The minimum Gasteiger partial charge on any atom is -0.338 e. The van der Waals surface area contributed by atoms with Crippen LogP contribution in [-0.2, 0) is 4.79 Å². The van der Waals surface area contributed by atoms with Gasteiger partial charge in [0.1, 0.15) is 11.9 Å². The van der Waals surface area contributed by atoms with Crippen LogP contribution >= 0.6 is 22.9 Å². The lowest BCUT2D eigenvalue weighted by Gasteiger charge is -2.43.